The molecule has 0 saturated heterocycles. The molecule has 0 bridgehead atoms. The summed E-state index contributed by atoms with van der Waals surface area (Å²) in [4.78, 5) is 3.81. The molecule has 2 aromatic heterocycles. The highest BCUT2D eigenvalue weighted by Crippen LogP contribution is 2.44. The Balaban J connectivity index is 1.90. The maximum Gasteiger partial charge on any atom is 0.216 e. The van der Waals surface area contributed by atoms with Crippen LogP contribution in [-0.4, -0.2) is 0 Å². The molecule has 5 aromatic rings. The van der Waals surface area contributed by atoms with Crippen molar-refractivity contribution in [1.82, 2.24) is 0 Å². The smallest absolute Gasteiger partial charge is 0.216 e. The van der Waals surface area contributed by atoms with E-state index in [4.69, 9.17) is 11.0 Å². The van der Waals surface area contributed by atoms with Crippen molar-refractivity contribution >= 4 is 27.6 Å². The van der Waals surface area contributed by atoms with E-state index in [2.05, 4.69) is 92.7 Å². The molecule has 0 saturated carbocycles. The fourth-order valence-electron chi connectivity index (χ4n) is 4.53. The maximum atomic E-state index is 7.75. The van der Waals surface area contributed by atoms with Gasteiger partial charge in [-0.1, -0.05) is 54.1 Å². The van der Waals surface area contributed by atoms with E-state index >= 15 is 0 Å². The van der Waals surface area contributed by atoms with Crippen LogP contribution < -0.4 is 4.57 Å². The van der Waals surface area contributed by atoms with Gasteiger partial charge < -0.3 is 4.42 Å². The van der Waals surface area contributed by atoms with E-state index < -0.39 is 0 Å². The Kier molecular flexibility index (Phi) is 4.60. The molecule has 0 N–H and O–H groups in total. The Bertz CT molecular complexity index is 1560. The molecule has 0 spiro atoms. The predicted octanol–water partition coefficient (Wildman–Crippen LogP) is 7.53. The standard InChI is InChI=1S/C29H25N2O/c1-17-7-11-21(12-8-17)27-24(30-5)15-14-23-22-13-9-19(3)26(28(22)32-29(23)27)25-16-10-18(2)20(4)31(25)6/h7-16H,1-4,6H3/q+1. The van der Waals surface area contributed by atoms with Crippen molar-refractivity contribution in [1.29, 1.82) is 0 Å². The molecular weight excluding hydrogens is 392 g/mol. The van der Waals surface area contributed by atoms with Crippen molar-refractivity contribution in [2.45, 2.75) is 27.7 Å². The molecule has 0 atom stereocenters. The predicted molar refractivity (Wildman–Crippen MR) is 131 cm³/mol. The summed E-state index contributed by atoms with van der Waals surface area (Å²) < 4.78 is 8.88. The van der Waals surface area contributed by atoms with E-state index in [0.29, 0.717) is 5.69 Å². The molecular formula is C29H25N2O+. The maximum absolute atomic E-state index is 7.75. The van der Waals surface area contributed by atoms with Crippen LogP contribution in [0.25, 0.3) is 49.2 Å². The van der Waals surface area contributed by atoms with Crippen molar-refractivity contribution < 1.29 is 8.98 Å². The van der Waals surface area contributed by atoms with Crippen LogP contribution in [0.1, 0.15) is 22.4 Å². The van der Waals surface area contributed by atoms with Gasteiger partial charge in [0.15, 0.2) is 11.4 Å². The monoisotopic (exact) mass is 417 g/mol. The van der Waals surface area contributed by atoms with Crippen LogP contribution in [0.5, 0.6) is 0 Å². The average Bonchev–Trinajstić information content (AvgIpc) is 3.17. The molecule has 32 heavy (non-hydrogen) atoms. The zero-order valence-corrected chi connectivity index (χ0v) is 19.1. The number of furan rings is 1. The van der Waals surface area contributed by atoms with Crippen molar-refractivity contribution in [3.05, 3.63) is 94.5 Å². The second-order valence-corrected chi connectivity index (χ2v) is 8.60. The molecule has 0 aliphatic rings. The van der Waals surface area contributed by atoms with Crippen LogP contribution in [-0.2, 0) is 7.05 Å². The van der Waals surface area contributed by atoms with Crippen LogP contribution in [0.2, 0.25) is 0 Å². The topological polar surface area (TPSA) is 21.4 Å². The van der Waals surface area contributed by atoms with Crippen molar-refractivity contribution in [2.75, 3.05) is 0 Å². The summed E-state index contributed by atoms with van der Waals surface area (Å²) in [6.45, 7) is 16.2. The summed E-state index contributed by atoms with van der Waals surface area (Å²) in [7, 11) is 2.10. The number of aryl methyl sites for hydroxylation is 3. The lowest BCUT2D eigenvalue weighted by atomic mass is 9.97. The second kappa shape index (κ2) is 7.35. The molecule has 0 radical (unpaired) electrons. The SMILES string of the molecule is [C-]#[N+]c1ccc2c(oc3c(-c4ccc(C)c(C)[n+]4C)c(C)ccc32)c1-c1ccc(C)cc1. The summed E-state index contributed by atoms with van der Waals surface area (Å²) in [5.41, 5.74) is 11.2. The quantitative estimate of drug-likeness (QED) is 0.215. The number of fused-ring (bicyclic) bond motifs is 3. The number of rotatable bonds is 2. The molecule has 2 heterocycles. The number of nitrogens with zero attached hydrogens (tertiary/aromatic N) is 2. The van der Waals surface area contributed by atoms with Crippen LogP contribution in [0, 0.1) is 34.3 Å². The summed E-state index contributed by atoms with van der Waals surface area (Å²) >= 11 is 0. The zero-order chi connectivity index (χ0) is 22.6. The number of pyridine rings is 1. The first-order valence-electron chi connectivity index (χ1n) is 10.8. The minimum absolute atomic E-state index is 0.607. The van der Waals surface area contributed by atoms with E-state index in [1.54, 1.807) is 0 Å². The third-order valence-electron chi connectivity index (χ3n) is 6.64. The van der Waals surface area contributed by atoms with Gasteiger partial charge in [-0.2, -0.15) is 4.57 Å². The van der Waals surface area contributed by atoms with Crippen molar-refractivity contribution in [3.8, 4) is 22.4 Å². The van der Waals surface area contributed by atoms with Gasteiger partial charge in [-0.05, 0) is 38.0 Å². The third-order valence-corrected chi connectivity index (χ3v) is 6.64. The van der Waals surface area contributed by atoms with Gasteiger partial charge in [0, 0.05) is 34.9 Å². The molecule has 0 unspecified atom stereocenters. The first-order valence-corrected chi connectivity index (χ1v) is 10.8. The van der Waals surface area contributed by atoms with Gasteiger partial charge in [0.1, 0.15) is 18.2 Å². The number of hydrogen-bond acceptors (Lipinski definition) is 1. The van der Waals surface area contributed by atoms with E-state index in [0.717, 1.165) is 49.9 Å². The Labute approximate surface area is 188 Å². The first-order chi connectivity index (χ1) is 15.4. The third kappa shape index (κ3) is 2.92. The summed E-state index contributed by atoms with van der Waals surface area (Å²) in [6, 6.07) is 20.9. The number of aromatic nitrogens is 1. The van der Waals surface area contributed by atoms with Gasteiger partial charge in [0.05, 0.1) is 12.1 Å². The summed E-state index contributed by atoms with van der Waals surface area (Å²) in [5.74, 6) is 0. The van der Waals surface area contributed by atoms with Gasteiger partial charge in [0.25, 0.3) is 0 Å². The van der Waals surface area contributed by atoms with Gasteiger partial charge in [0.2, 0.25) is 5.69 Å². The Morgan fingerprint density at radius 1 is 0.719 bits per heavy atom. The van der Waals surface area contributed by atoms with Gasteiger partial charge in [-0.25, -0.2) is 4.85 Å². The average molecular weight is 418 g/mol. The van der Waals surface area contributed by atoms with E-state index in [1.165, 1.54) is 16.8 Å². The lowest BCUT2D eigenvalue weighted by Gasteiger charge is -2.08. The van der Waals surface area contributed by atoms with Crippen molar-refractivity contribution in [3.63, 3.8) is 0 Å². The molecule has 0 aliphatic heterocycles. The number of benzene rings is 3. The fourth-order valence-corrected chi connectivity index (χ4v) is 4.53. The molecule has 3 heteroatoms. The highest BCUT2D eigenvalue weighted by atomic mass is 16.3. The molecule has 0 aliphatic carbocycles. The Hall–Kier alpha value is -3.90. The lowest BCUT2D eigenvalue weighted by molar-refractivity contribution is -0.667. The highest BCUT2D eigenvalue weighted by molar-refractivity contribution is 6.15. The molecule has 156 valence electrons. The minimum Gasteiger partial charge on any atom is -0.456 e. The van der Waals surface area contributed by atoms with Crippen LogP contribution in [0.3, 0.4) is 0 Å². The summed E-state index contributed by atoms with van der Waals surface area (Å²) in [5, 5.41) is 2.11. The van der Waals surface area contributed by atoms with E-state index in [-0.39, 0.29) is 0 Å². The number of hydrogen-bond donors (Lipinski definition) is 0. The summed E-state index contributed by atoms with van der Waals surface area (Å²) in [6.07, 6.45) is 0. The highest BCUT2D eigenvalue weighted by Gasteiger charge is 2.24. The van der Waals surface area contributed by atoms with Crippen LogP contribution >= 0.6 is 0 Å². The molecule has 3 aromatic carbocycles. The van der Waals surface area contributed by atoms with E-state index in [9.17, 15) is 0 Å². The Morgan fingerprint density at radius 3 is 2.03 bits per heavy atom. The molecule has 0 fully saturated rings. The van der Waals surface area contributed by atoms with Crippen LogP contribution in [0.4, 0.5) is 5.69 Å². The van der Waals surface area contributed by atoms with E-state index in [1.807, 2.05) is 12.1 Å². The second-order valence-electron chi connectivity index (χ2n) is 8.60. The molecule has 3 nitrogen and oxygen atoms in total. The molecule has 0 amide bonds. The Morgan fingerprint density at radius 2 is 1.34 bits per heavy atom. The molecule has 5 rings (SSSR count). The first kappa shape index (κ1) is 20.0. The largest absolute Gasteiger partial charge is 0.456 e. The normalized spacial score (nSPS) is 11.2. The lowest BCUT2D eigenvalue weighted by Crippen LogP contribution is -2.35. The van der Waals surface area contributed by atoms with Gasteiger partial charge >= 0.3 is 0 Å². The zero-order valence-electron chi connectivity index (χ0n) is 19.1. The van der Waals surface area contributed by atoms with Crippen molar-refractivity contribution in [2.24, 2.45) is 7.05 Å². The van der Waals surface area contributed by atoms with Crippen LogP contribution in [0.15, 0.2) is 65.1 Å². The van der Waals surface area contributed by atoms with Gasteiger partial charge in [-0.15, -0.1) is 0 Å². The fraction of sp³-hybridized carbons (Fsp3) is 0.172. The minimum atomic E-state index is 0.607. The van der Waals surface area contributed by atoms with Gasteiger partial charge in [-0.3, -0.25) is 0 Å².